The van der Waals surface area contributed by atoms with E-state index < -0.39 is 23.6 Å². The van der Waals surface area contributed by atoms with Gasteiger partial charge in [-0.3, -0.25) is 9.59 Å². The first kappa shape index (κ1) is 66.0. The fraction of sp³-hybridized carbons (Fsp3) is 0.947. The van der Waals surface area contributed by atoms with Gasteiger partial charge < -0.3 is 40.0 Å². The Kier molecular flexibility index (Phi) is 44.8. The van der Waals surface area contributed by atoms with Crippen LogP contribution in [-0.4, -0.2) is 92.0 Å². The molecule has 0 fully saturated rings. The minimum Gasteiger partial charge on any atom is -0.446 e. The molecule has 0 radical (unpaired) electrons. The van der Waals surface area contributed by atoms with Gasteiger partial charge in [-0.1, -0.05) is 200 Å². The maximum Gasteiger partial charge on any atom is 0.408 e. The molecule has 68 heavy (non-hydrogen) atoms. The second kappa shape index (κ2) is 46.1. The first-order valence-corrected chi connectivity index (χ1v) is 28.7. The topological polar surface area (TPSA) is 144 Å². The van der Waals surface area contributed by atoms with Crippen molar-refractivity contribution in [3.05, 3.63) is 0 Å². The Bertz CT molecular complexity index is 1150. The van der Waals surface area contributed by atoms with E-state index in [2.05, 4.69) is 29.8 Å². The lowest BCUT2D eigenvalue weighted by molar-refractivity contribution is -0.125. The first-order chi connectivity index (χ1) is 32.7. The van der Waals surface area contributed by atoms with Crippen molar-refractivity contribution < 1.29 is 38.4 Å². The second-order valence-corrected chi connectivity index (χ2v) is 21.6. The monoisotopic (exact) mass is 968 g/mol. The SMILES string of the molecule is CCCCCCCCCCCCCCCCCCC(CCCCCCCCCCCCCCCCC)OC(=O)N[C@H](CCC(=O)NCCOC(C)(C)COC(C)(C)C)C(=O)NCCOC(C)CO. The molecule has 0 saturated heterocycles. The van der Waals surface area contributed by atoms with Crippen LogP contribution in [0.25, 0.3) is 0 Å². The van der Waals surface area contributed by atoms with Gasteiger partial charge in [0, 0.05) is 19.5 Å². The van der Waals surface area contributed by atoms with Crippen molar-refractivity contribution in [2.45, 2.75) is 310 Å². The Morgan fingerprint density at radius 3 is 1.31 bits per heavy atom. The molecular formula is C57H113N3O8. The zero-order valence-corrected chi connectivity index (χ0v) is 46.0. The van der Waals surface area contributed by atoms with Crippen molar-refractivity contribution in [3.8, 4) is 0 Å². The van der Waals surface area contributed by atoms with E-state index in [1.165, 1.54) is 173 Å². The number of nitrogens with one attached hydrogen (secondary N) is 3. The highest BCUT2D eigenvalue weighted by Gasteiger charge is 2.25. The number of aliphatic hydroxyl groups excluding tert-OH is 1. The zero-order valence-electron chi connectivity index (χ0n) is 46.0. The molecule has 0 aromatic rings. The van der Waals surface area contributed by atoms with Crippen LogP contribution in [0.3, 0.4) is 0 Å². The summed E-state index contributed by atoms with van der Waals surface area (Å²) < 4.78 is 23.5. The van der Waals surface area contributed by atoms with Gasteiger partial charge in [0.05, 0.1) is 43.7 Å². The maximum absolute atomic E-state index is 13.5. The van der Waals surface area contributed by atoms with Crippen LogP contribution in [0.4, 0.5) is 4.79 Å². The largest absolute Gasteiger partial charge is 0.446 e. The number of unbranched alkanes of at least 4 members (excludes halogenated alkanes) is 29. The Balaban J connectivity index is 5.11. The highest BCUT2D eigenvalue weighted by Crippen LogP contribution is 2.20. The van der Waals surface area contributed by atoms with Crippen molar-refractivity contribution >= 4 is 17.9 Å². The van der Waals surface area contributed by atoms with Crippen LogP contribution < -0.4 is 16.0 Å². The molecule has 0 heterocycles. The normalized spacial score (nSPS) is 13.3. The van der Waals surface area contributed by atoms with Crippen LogP contribution in [0, 0.1) is 0 Å². The van der Waals surface area contributed by atoms with E-state index in [4.69, 9.17) is 18.9 Å². The summed E-state index contributed by atoms with van der Waals surface area (Å²) >= 11 is 0. The number of amides is 3. The zero-order chi connectivity index (χ0) is 50.4. The molecule has 0 aromatic carbocycles. The molecule has 4 N–H and O–H groups in total. The van der Waals surface area contributed by atoms with E-state index in [1.807, 2.05) is 34.6 Å². The average molecular weight is 969 g/mol. The Morgan fingerprint density at radius 2 is 0.912 bits per heavy atom. The van der Waals surface area contributed by atoms with E-state index in [0.29, 0.717) is 19.8 Å². The van der Waals surface area contributed by atoms with Crippen molar-refractivity contribution in [2.24, 2.45) is 0 Å². The number of alkyl carbamates (subject to hydrolysis) is 1. The minimum atomic E-state index is -0.963. The molecule has 0 aliphatic heterocycles. The highest BCUT2D eigenvalue weighted by atomic mass is 16.6. The van der Waals surface area contributed by atoms with Crippen molar-refractivity contribution in [3.63, 3.8) is 0 Å². The predicted octanol–water partition coefficient (Wildman–Crippen LogP) is 14.4. The lowest BCUT2D eigenvalue weighted by Crippen LogP contribution is -2.48. The lowest BCUT2D eigenvalue weighted by Gasteiger charge is -2.30. The quantitative estimate of drug-likeness (QED) is 0.0441. The highest BCUT2D eigenvalue weighted by molar-refractivity contribution is 5.86. The van der Waals surface area contributed by atoms with Crippen molar-refractivity contribution in [1.82, 2.24) is 16.0 Å². The summed E-state index contributed by atoms with van der Waals surface area (Å²) in [7, 11) is 0. The Labute approximate surface area is 420 Å². The fourth-order valence-corrected chi connectivity index (χ4v) is 8.45. The molecule has 0 spiro atoms. The molecule has 11 nitrogen and oxygen atoms in total. The van der Waals surface area contributed by atoms with Gasteiger partial charge in [0.1, 0.15) is 12.1 Å². The Hall–Kier alpha value is -1.95. The number of aliphatic hydroxyl groups is 1. The third kappa shape index (κ3) is 46.4. The van der Waals surface area contributed by atoms with E-state index in [1.54, 1.807) is 6.92 Å². The molecule has 404 valence electrons. The summed E-state index contributed by atoms with van der Waals surface area (Å²) in [6.45, 7) is 17.6. The number of hydrogen-bond acceptors (Lipinski definition) is 8. The van der Waals surface area contributed by atoms with E-state index in [0.717, 1.165) is 38.5 Å². The maximum atomic E-state index is 13.5. The number of rotatable bonds is 50. The average Bonchev–Trinajstić information content (AvgIpc) is 3.30. The molecule has 0 aromatic heterocycles. The summed E-state index contributed by atoms with van der Waals surface area (Å²) in [6.07, 6.45) is 41.2. The van der Waals surface area contributed by atoms with Crippen LogP contribution in [0.2, 0.25) is 0 Å². The van der Waals surface area contributed by atoms with Gasteiger partial charge in [0.15, 0.2) is 0 Å². The smallest absolute Gasteiger partial charge is 0.408 e. The summed E-state index contributed by atoms with van der Waals surface area (Å²) in [5, 5.41) is 17.8. The van der Waals surface area contributed by atoms with Gasteiger partial charge in [0.25, 0.3) is 0 Å². The molecule has 2 unspecified atom stereocenters. The standard InChI is InChI=1S/C57H113N3O8/c1-9-11-13-15-17-19-21-23-25-27-29-31-33-35-37-39-41-51(40-38-36-34-32-30-28-26-24-22-20-18-16-14-12-10-2)68-55(64)60-52(54(63)59-44-46-65-50(3)48-61)42-43-53(62)58-45-47-66-57(7,8)49-67-56(4,5)6/h50-52,61H,9-49H2,1-8H3,(H,58,62)(H,59,63)(H,60,64)/t50?,51?,52-/m1/s1. The molecule has 0 aliphatic rings. The van der Waals surface area contributed by atoms with Crippen molar-refractivity contribution in [2.75, 3.05) is 39.5 Å². The van der Waals surface area contributed by atoms with Gasteiger partial charge in [-0.15, -0.1) is 0 Å². The summed E-state index contributed by atoms with van der Waals surface area (Å²) in [4.78, 5) is 39.9. The van der Waals surface area contributed by atoms with E-state index in [-0.39, 0.29) is 56.3 Å². The van der Waals surface area contributed by atoms with E-state index in [9.17, 15) is 19.5 Å². The number of ether oxygens (including phenoxy) is 4. The van der Waals surface area contributed by atoms with Gasteiger partial charge in [-0.25, -0.2) is 4.79 Å². The van der Waals surface area contributed by atoms with E-state index >= 15 is 0 Å². The number of hydrogen-bond donors (Lipinski definition) is 4. The number of carbonyl (C=O) groups is 3. The van der Waals surface area contributed by atoms with Crippen LogP contribution in [0.1, 0.15) is 280 Å². The van der Waals surface area contributed by atoms with Crippen LogP contribution in [-0.2, 0) is 28.5 Å². The molecule has 0 aliphatic carbocycles. The Morgan fingerprint density at radius 1 is 0.515 bits per heavy atom. The predicted molar refractivity (Wildman–Crippen MR) is 284 cm³/mol. The van der Waals surface area contributed by atoms with Gasteiger partial charge >= 0.3 is 6.09 Å². The molecule has 0 saturated carbocycles. The summed E-state index contributed by atoms with van der Waals surface area (Å²) in [6, 6.07) is -0.963. The molecule has 0 rings (SSSR count). The molecule has 0 bridgehead atoms. The summed E-state index contributed by atoms with van der Waals surface area (Å²) in [5.74, 6) is -0.643. The molecular weight excluding hydrogens is 855 g/mol. The fourth-order valence-electron chi connectivity index (χ4n) is 8.45. The number of carbonyl (C=O) groups excluding carboxylic acids is 3. The summed E-state index contributed by atoms with van der Waals surface area (Å²) in [5.41, 5.74) is -0.791. The van der Waals surface area contributed by atoms with Crippen molar-refractivity contribution in [1.29, 1.82) is 0 Å². The molecule has 3 atom stereocenters. The van der Waals surface area contributed by atoms with Crippen LogP contribution in [0.15, 0.2) is 0 Å². The molecule has 3 amide bonds. The van der Waals surface area contributed by atoms with Crippen LogP contribution >= 0.6 is 0 Å². The van der Waals surface area contributed by atoms with Gasteiger partial charge in [-0.05, 0) is 73.6 Å². The van der Waals surface area contributed by atoms with Crippen LogP contribution in [0.5, 0.6) is 0 Å². The first-order valence-electron chi connectivity index (χ1n) is 28.7. The second-order valence-electron chi connectivity index (χ2n) is 21.6. The molecule has 11 heteroatoms. The van der Waals surface area contributed by atoms with Gasteiger partial charge in [-0.2, -0.15) is 0 Å². The third-order valence-corrected chi connectivity index (χ3v) is 12.9. The lowest BCUT2D eigenvalue weighted by atomic mass is 10.0. The minimum absolute atomic E-state index is 0.0364. The third-order valence-electron chi connectivity index (χ3n) is 12.9. The van der Waals surface area contributed by atoms with Gasteiger partial charge in [0.2, 0.25) is 11.8 Å².